The van der Waals surface area contributed by atoms with Gasteiger partial charge in [-0.05, 0) is 50.3 Å². The Bertz CT molecular complexity index is 1490. The molecule has 2 aliphatic carbocycles. The zero-order valence-electron chi connectivity index (χ0n) is 23.1. The number of allylic oxidation sites excluding steroid dienone is 1. The minimum Gasteiger partial charge on any atom is -0.507 e. The molecule has 2 fully saturated rings. The van der Waals surface area contributed by atoms with Gasteiger partial charge < -0.3 is 34.6 Å². The van der Waals surface area contributed by atoms with Crippen molar-refractivity contribution < 1.29 is 49.0 Å². The maximum atomic E-state index is 13.8. The number of phenolic OH excluding ortho intramolecular Hbond substituents is 1. The predicted molar refractivity (Wildman–Crippen MR) is 145 cm³/mol. The van der Waals surface area contributed by atoms with Crippen molar-refractivity contribution in [3.8, 4) is 5.75 Å². The van der Waals surface area contributed by atoms with Crippen LogP contribution >= 0.6 is 0 Å². The number of phenols is 1. The fourth-order valence-corrected chi connectivity index (χ4v) is 6.59. The molecule has 0 unspecified atom stereocenters. The lowest BCUT2D eigenvalue weighted by Gasteiger charge is -2.41. The van der Waals surface area contributed by atoms with E-state index in [0.717, 1.165) is 0 Å². The summed E-state index contributed by atoms with van der Waals surface area (Å²) < 4.78 is 17.8. The number of rotatable bonds is 3. The number of hydrogen-bond donors (Lipinski definition) is 4. The maximum Gasteiger partial charge on any atom is 0.196 e. The van der Waals surface area contributed by atoms with Crippen molar-refractivity contribution >= 4 is 28.1 Å². The summed E-state index contributed by atoms with van der Waals surface area (Å²) in [7, 11) is 0. The highest BCUT2D eigenvalue weighted by atomic mass is 16.7. The van der Waals surface area contributed by atoms with Crippen LogP contribution in [0.1, 0.15) is 83.1 Å². The molecule has 41 heavy (non-hydrogen) atoms. The fourth-order valence-electron chi connectivity index (χ4n) is 6.59. The van der Waals surface area contributed by atoms with E-state index in [1.165, 1.54) is 12.1 Å². The van der Waals surface area contributed by atoms with Crippen LogP contribution < -0.4 is 0 Å². The first kappa shape index (κ1) is 28.1. The first-order chi connectivity index (χ1) is 19.3. The molecule has 2 aromatic rings. The second-order valence-corrected chi connectivity index (χ2v) is 12.1. The molecule has 0 saturated carbocycles. The van der Waals surface area contributed by atoms with E-state index in [1.54, 1.807) is 32.9 Å². The molecule has 4 N–H and O–H groups in total. The highest BCUT2D eigenvalue weighted by Gasteiger charge is 2.44. The van der Waals surface area contributed by atoms with E-state index in [0.29, 0.717) is 29.4 Å². The van der Waals surface area contributed by atoms with Crippen LogP contribution in [0.5, 0.6) is 5.75 Å². The van der Waals surface area contributed by atoms with Crippen LogP contribution in [0, 0.1) is 0 Å². The summed E-state index contributed by atoms with van der Waals surface area (Å²) in [5.74, 6) is -1.79. The van der Waals surface area contributed by atoms with E-state index >= 15 is 0 Å². The number of ether oxygens (including phenoxy) is 3. The normalized spacial score (nSPS) is 35.7. The number of carbonyl (C=O) groups is 3. The first-order valence-electron chi connectivity index (χ1n) is 14.0. The molecule has 0 aromatic heterocycles. The van der Waals surface area contributed by atoms with E-state index in [-0.39, 0.29) is 47.1 Å². The third-order valence-electron chi connectivity index (χ3n) is 8.78. The molecular weight excluding hydrogens is 532 g/mol. The number of aromatic hydroxyl groups is 1. The van der Waals surface area contributed by atoms with Gasteiger partial charge in [-0.15, -0.1) is 0 Å². The van der Waals surface area contributed by atoms with Crippen molar-refractivity contribution in [2.24, 2.45) is 0 Å². The molecule has 10 heteroatoms. The standard InChI is InChI=1S/C31H34O10/c1-13-20(32)6-7-25(40-13)41-24-10-23(39-14(2)28(24)35)19-9-21(33)18-8-17-16(29(36)27(18)30(19)37)5-4-15-11-31(3,38)12-22(34)26(15)17/h4-5,8-9,13-14,20,23-25,28,32,35-36,38H,6-7,10-12H2,1-3H3/t13-,14-,20+,23-,24-,25+,28-,31-/m1/s1. The number of ketones is 3. The zero-order valence-corrected chi connectivity index (χ0v) is 23.1. The van der Waals surface area contributed by atoms with Crippen LogP contribution in [0.4, 0.5) is 0 Å². The van der Waals surface area contributed by atoms with E-state index < -0.39 is 65.8 Å². The Hall–Kier alpha value is -2.99. The van der Waals surface area contributed by atoms with Crippen LogP contribution in [-0.2, 0) is 20.6 Å². The second kappa shape index (κ2) is 10.1. The van der Waals surface area contributed by atoms with Crippen molar-refractivity contribution in [3.05, 3.63) is 52.1 Å². The molecule has 2 saturated heterocycles. The number of hydrogen-bond acceptors (Lipinski definition) is 10. The number of benzene rings is 2. The second-order valence-electron chi connectivity index (χ2n) is 12.1. The maximum absolute atomic E-state index is 13.8. The van der Waals surface area contributed by atoms with E-state index in [9.17, 15) is 34.8 Å². The van der Waals surface area contributed by atoms with E-state index in [1.807, 2.05) is 0 Å². The van der Waals surface area contributed by atoms with Crippen molar-refractivity contribution in [2.45, 2.75) is 101 Å². The van der Waals surface area contributed by atoms with Gasteiger partial charge >= 0.3 is 0 Å². The summed E-state index contributed by atoms with van der Waals surface area (Å²) in [4.78, 5) is 40.2. The van der Waals surface area contributed by atoms with Crippen molar-refractivity contribution in [2.75, 3.05) is 0 Å². The minimum atomic E-state index is -1.19. The van der Waals surface area contributed by atoms with E-state index in [2.05, 4.69) is 0 Å². The summed E-state index contributed by atoms with van der Waals surface area (Å²) in [6.07, 6.45) is -2.73. The number of carbonyl (C=O) groups excluding carboxylic acids is 3. The molecule has 0 amide bonds. The molecule has 10 nitrogen and oxygen atoms in total. The highest BCUT2D eigenvalue weighted by Crippen LogP contribution is 2.42. The van der Waals surface area contributed by atoms with Crippen LogP contribution in [0.3, 0.4) is 0 Å². The van der Waals surface area contributed by atoms with Crippen LogP contribution in [-0.4, -0.2) is 86.3 Å². The fraction of sp³-hybridized carbons (Fsp3) is 0.516. The number of aliphatic hydroxyl groups is 3. The summed E-state index contributed by atoms with van der Waals surface area (Å²) in [6.45, 7) is 4.98. The molecule has 0 radical (unpaired) electrons. The first-order valence-corrected chi connectivity index (χ1v) is 14.0. The Labute approximate surface area is 236 Å². The summed E-state index contributed by atoms with van der Waals surface area (Å²) in [5, 5.41) is 43.1. The molecule has 0 spiro atoms. The average Bonchev–Trinajstić information content (AvgIpc) is 2.89. The Morgan fingerprint density at radius 1 is 0.976 bits per heavy atom. The molecule has 2 aliphatic heterocycles. The molecule has 2 aromatic carbocycles. The Balaban J connectivity index is 1.32. The molecule has 4 aliphatic rings. The molecule has 0 bridgehead atoms. The Morgan fingerprint density at radius 2 is 1.73 bits per heavy atom. The number of aliphatic hydroxyl groups excluding tert-OH is 2. The largest absolute Gasteiger partial charge is 0.507 e. The van der Waals surface area contributed by atoms with Gasteiger partial charge in [-0.25, -0.2) is 0 Å². The number of Topliss-reactive ketones (excluding diaryl/α,β-unsaturated/α-hetero) is 2. The quantitative estimate of drug-likeness (QED) is 0.435. The Kier molecular flexibility index (Phi) is 6.92. The van der Waals surface area contributed by atoms with Gasteiger partial charge in [0.15, 0.2) is 23.6 Å². The van der Waals surface area contributed by atoms with Crippen LogP contribution in [0.15, 0.2) is 29.8 Å². The third-order valence-corrected chi connectivity index (χ3v) is 8.78. The predicted octanol–water partition coefficient (Wildman–Crippen LogP) is 2.54. The van der Waals surface area contributed by atoms with Crippen LogP contribution in [0.2, 0.25) is 0 Å². The third kappa shape index (κ3) is 4.82. The van der Waals surface area contributed by atoms with Gasteiger partial charge in [-0.2, -0.15) is 0 Å². The van der Waals surface area contributed by atoms with Gasteiger partial charge in [-0.3, -0.25) is 14.4 Å². The zero-order chi connectivity index (χ0) is 29.4. The van der Waals surface area contributed by atoms with Gasteiger partial charge in [-0.1, -0.05) is 12.1 Å². The van der Waals surface area contributed by atoms with Crippen molar-refractivity contribution in [1.29, 1.82) is 0 Å². The lowest BCUT2D eigenvalue weighted by Crippen LogP contribution is -2.51. The van der Waals surface area contributed by atoms with E-state index in [4.69, 9.17) is 14.2 Å². The van der Waals surface area contributed by atoms with Gasteiger partial charge in [0.05, 0.1) is 41.7 Å². The molecule has 6 rings (SSSR count). The SMILES string of the molecule is C[C@H]1O[C@@H](C2=CC(=O)c3cc4c5c(ccc4c(O)c3C2=O)C[C@@](C)(O)CC5=O)C[C@@H](O[C@H]2CC[C@H](O)[C@@H](C)O2)[C@@H]1O. The summed E-state index contributed by atoms with van der Waals surface area (Å²) in [6, 6.07) is 4.73. The van der Waals surface area contributed by atoms with Gasteiger partial charge in [0.25, 0.3) is 0 Å². The molecule has 218 valence electrons. The highest BCUT2D eigenvalue weighted by molar-refractivity contribution is 6.29. The van der Waals surface area contributed by atoms with Crippen LogP contribution in [0.25, 0.3) is 10.8 Å². The summed E-state index contributed by atoms with van der Waals surface area (Å²) >= 11 is 0. The van der Waals surface area contributed by atoms with Gasteiger partial charge in [0, 0.05) is 47.8 Å². The topological polar surface area (TPSA) is 160 Å². The monoisotopic (exact) mass is 566 g/mol. The minimum absolute atomic E-state index is 0.0119. The molecule has 8 atom stereocenters. The summed E-state index contributed by atoms with van der Waals surface area (Å²) in [5.41, 5.74) is -0.360. The lowest BCUT2D eigenvalue weighted by atomic mass is 9.77. The Morgan fingerprint density at radius 3 is 2.46 bits per heavy atom. The smallest absolute Gasteiger partial charge is 0.196 e. The van der Waals surface area contributed by atoms with Crippen molar-refractivity contribution in [3.63, 3.8) is 0 Å². The van der Waals surface area contributed by atoms with Gasteiger partial charge in [0.1, 0.15) is 11.9 Å². The molecular formula is C31H34O10. The lowest BCUT2D eigenvalue weighted by molar-refractivity contribution is -0.268. The average molecular weight is 567 g/mol. The van der Waals surface area contributed by atoms with Gasteiger partial charge in [0.2, 0.25) is 0 Å². The molecule has 2 heterocycles. The van der Waals surface area contributed by atoms with Crippen molar-refractivity contribution in [1.82, 2.24) is 0 Å². The number of fused-ring (bicyclic) bond motifs is 4.